The SMILES string of the molecule is c1ccc(-c2nc(-c3ccccc3)nc(-c3cccc4c3oc3c(-c5ccc6ccccc6c5)c5ccccc5cc34)n2)cc1. The lowest BCUT2D eigenvalue weighted by Gasteiger charge is -2.10. The lowest BCUT2D eigenvalue weighted by atomic mass is 9.93. The largest absolute Gasteiger partial charge is 0.455 e. The molecule has 0 unspecified atom stereocenters. The molecule has 7 aromatic carbocycles. The van der Waals surface area contributed by atoms with E-state index < -0.39 is 0 Å². The van der Waals surface area contributed by atoms with Gasteiger partial charge in [0, 0.05) is 27.5 Å². The van der Waals surface area contributed by atoms with E-state index in [1.807, 2.05) is 66.7 Å². The molecule has 45 heavy (non-hydrogen) atoms. The van der Waals surface area contributed by atoms with Crippen LogP contribution in [0, 0.1) is 0 Å². The predicted octanol–water partition coefficient (Wildman–Crippen LogP) is 10.7. The summed E-state index contributed by atoms with van der Waals surface area (Å²) in [4.78, 5) is 14.9. The molecule has 0 bridgehead atoms. The van der Waals surface area contributed by atoms with E-state index in [-0.39, 0.29) is 0 Å². The van der Waals surface area contributed by atoms with Crippen LogP contribution >= 0.6 is 0 Å². The smallest absolute Gasteiger partial charge is 0.167 e. The Morgan fingerprint density at radius 3 is 1.69 bits per heavy atom. The summed E-state index contributed by atoms with van der Waals surface area (Å²) in [5, 5.41) is 6.81. The minimum Gasteiger partial charge on any atom is -0.455 e. The second-order valence-corrected chi connectivity index (χ2v) is 11.2. The van der Waals surface area contributed by atoms with E-state index in [2.05, 4.69) is 84.9 Å². The first kappa shape index (κ1) is 25.4. The number of para-hydroxylation sites is 1. The molecule has 4 heteroatoms. The van der Waals surface area contributed by atoms with Gasteiger partial charge in [0.05, 0.1) is 5.56 Å². The Bertz CT molecular complexity index is 2480. The Hall–Kier alpha value is -6.13. The first-order chi connectivity index (χ1) is 22.3. The van der Waals surface area contributed by atoms with E-state index in [1.165, 1.54) is 16.2 Å². The number of hydrogen-bond acceptors (Lipinski definition) is 4. The van der Waals surface area contributed by atoms with E-state index in [0.29, 0.717) is 17.5 Å². The summed E-state index contributed by atoms with van der Waals surface area (Å²) in [6.07, 6.45) is 0. The van der Waals surface area contributed by atoms with Gasteiger partial charge < -0.3 is 4.42 Å². The molecule has 2 heterocycles. The first-order valence-electron chi connectivity index (χ1n) is 15.0. The van der Waals surface area contributed by atoms with Gasteiger partial charge in [0.15, 0.2) is 17.5 Å². The number of aromatic nitrogens is 3. The van der Waals surface area contributed by atoms with Gasteiger partial charge in [-0.2, -0.15) is 0 Å². The van der Waals surface area contributed by atoms with Crippen LogP contribution in [0.25, 0.3) is 88.8 Å². The van der Waals surface area contributed by atoms with Gasteiger partial charge in [-0.15, -0.1) is 0 Å². The molecule has 0 saturated carbocycles. The molecule has 0 aliphatic rings. The molecule has 0 spiro atoms. The van der Waals surface area contributed by atoms with Crippen molar-refractivity contribution >= 4 is 43.5 Å². The van der Waals surface area contributed by atoms with Crippen molar-refractivity contribution in [2.45, 2.75) is 0 Å². The third kappa shape index (κ3) is 4.27. The van der Waals surface area contributed by atoms with Crippen LogP contribution in [-0.4, -0.2) is 15.0 Å². The van der Waals surface area contributed by atoms with Gasteiger partial charge in [0.1, 0.15) is 11.2 Å². The van der Waals surface area contributed by atoms with Crippen LogP contribution < -0.4 is 0 Å². The fraction of sp³-hybridized carbons (Fsp3) is 0. The molecule has 0 radical (unpaired) electrons. The standard InChI is InChI=1S/C41H25N3O/c1-3-13-27(14-4-1)39-42-40(28-15-5-2-6-16-28)44-41(43-39)34-21-11-20-33-35-25-30-18-9-10-19-32(30)36(38(35)45-37(33)34)31-23-22-26-12-7-8-17-29(26)24-31/h1-25H. The fourth-order valence-electron chi connectivity index (χ4n) is 6.33. The van der Waals surface area contributed by atoms with Crippen LogP contribution in [0.4, 0.5) is 0 Å². The summed E-state index contributed by atoms with van der Waals surface area (Å²) in [6, 6.07) is 52.2. The molecule has 9 aromatic rings. The molecule has 9 rings (SSSR count). The highest BCUT2D eigenvalue weighted by Gasteiger charge is 2.21. The Balaban J connectivity index is 1.33. The zero-order valence-corrected chi connectivity index (χ0v) is 24.2. The number of furan rings is 1. The van der Waals surface area contributed by atoms with Crippen molar-refractivity contribution in [3.63, 3.8) is 0 Å². The van der Waals surface area contributed by atoms with Gasteiger partial charge in [0.25, 0.3) is 0 Å². The van der Waals surface area contributed by atoms with Crippen molar-refractivity contribution in [1.82, 2.24) is 15.0 Å². The van der Waals surface area contributed by atoms with Gasteiger partial charge in [-0.1, -0.05) is 133 Å². The Kier molecular flexibility index (Phi) is 5.78. The second-order valence-electron chi connectivity index (χ2n) is 11.2. The van der Waals surface area contributed by atoms with Crippen LogP contribution in [-0.2, 0) is 0 Å². The summed E-state index contributed by atoms with van der Waals surface area (Å²) >= 11 is 0. The third-order valence-electron chi connectivity index (χ3n) is 8.49. The maximum absolute atomic E-state index is 6.93. The van der Waals surface area contributed by atoms with Crippen molar-refractivity contribution in [2.24, 2.45) is 0 Å². The van der Waals surface area contributed by atoms with Crippen molar-refractivity contribution < 1.29 is 4.42 Å². The number of hydrogen-bond donors (Lipinski definition) is 0. The fourth-order valence-corrected chi connectivity index (χ4v) is 6.33. The van der Waals surface area contributed by atoms with Gasteiger partial charge in [-0.25, -0.2) is 15.0 Å². The number of benzene rings is 7. The van der Waals surface area contributed by atoms with Gasteiger partial charge in [-0.05, 0) is 45.3 Å². The van der Waals surface area contributed by atoms with E-state index in [0.717, 1.165) is 55.1 Å². The van der Waals surface area contributed by atoms with Crippen molar-refractivity contribution in [3.05, 3.63) is 152 Å². The van der Waals surface area contributed by atoms with Gasteiger partial charge in [0.2, 0.25) is 0 Å². The van der Waals surface area contributed by atoms with E-state index >= 15 is 0 Å². The molecule has 0 aliphatic carbocycles. The van der Waals surface area contributed by atoms with E-state index in [4.69, 9.17) is 19.4 Å². The lowest BCUT2D eigenvalue weighted by Crippen LogP contribution is -2.00. The second kappa shape index (κ2) is 10.2. The highest BCUT2D eigenvalue weighted by atomic mass is 16.3. The number of rotatable bonds is 4. The molecular weight excluding hydrogens is 550 g/mol. The Labute approximate surface area is 259 Å². The van der Waals surface area contributed by atoms with Crippen molar-refractivity contribution in [2.75, 3.05) is 0 Å². The normalized spacial score (nSPS) is 11.6. The van der Waals surface area contributed by atoms with Crippen molar-refractivity contribution in [3.8, 4) is 45.3 Å². The molecule has 4 nitrogen and oxygen atoms in total. The van der Waals surface area contributed by atoms with Gasteiger partial charge in [-0.3, -0.25) is 0 Å². The Morgan fingerprint density at radius 2 is 0.956 bits per heavy atom. The maximum atomic E-state index is 6.93. The third-order valence-corrected chi connectivity index (χ3v) is 8.49. The molecule has 0 N–H and O–H groups in total. The molecule has 210 valence electrons. The quantitative estimate of drug-likeness (QED) is 0.209. The topological polar surface area (TPSA) is 51.8 Å². The first-order valence-corrected chi connectivity index (χ1v) is 15.0. The minimum absolute atomic E-state index is 0.573. The maximum Gasteiger partial charge on any atom is 0.167 e. The minimum atomic E-state index is 0.573. The van der Waals surface area contributed by atoms with Crippen LogP contribution in [0.1, 0.15) is 0 Å². The number of fused-ring (bicyclic) bond motifs is 5. The van der Waals surface area contributed by atoms with E-state index in [9.17, 15) is 0 Å². The van der Waals surface area contributed by atoms with Crippen LogP contribution in [0.2, 0.25) is 0 Å². The summed E-state index contributed by atoms with van der Waals surface area (Å²) in [5.74, 6) is 1.81. The lowest BCUT2D eigenvalue weighted by molar-refractivity contribution is 0.671. The molecule has 2 aromatic heterocycles. The molecule has 0 saturated heterocycles. The van der Waals surface area contributed by atoms with E-state index in [1.54, 1.807) is 0 Å². The van der Waals surface area contributed by atoms with Crippen molar-refractivity contribution in [1.29, 1.82) is 0 Å². The zero-order valence-electron chi connectivity index (χ0n) is 24.2. The Morgan fingerprint density at radius 1 is 0.356 bits per heavy atom. The molecular formula is C41H25N3O. The average Bonchev–Trinajstić information content (AvgIpc) is 3.49. The summed E-state index contributed by atoms with van der Waals surface area (Å²) in [7, 11) is 0. The van der Waals surface area contributed by atoms with Crippen LogP contribution in [0.5, 0.6) is 0 Å². The van der Waals surface area contributed by atoms with Gasteiger partial charge >= 0.3 is 0 Å². The van der Waals surface area contributed by atoms with Crippen LogP contribution in [0.15, 0.2) is 156 Å². The highest BCUT2D eigenvalue weighted by Crippen LogP contribution is 2.43. The summed E-state index contributed by atoms with van der Waals surface area (Å²) in [5.41, 5.74) is 6.51. The van der Waals surface area contributed by atoms with Crippen LogP contribution in [0.3, 0.4) is 0 Å². The average molecular weight is 576 g/mol. The zero-order chi connectivity index (χ0) is 29.7. The number of nitrogens with zero attached hydrogens (tertiary/aromatic N) is 3. The summed E-state index contributed by atoms with van der Waals surface area (Å²) < 4.78 is 6.93. The molecule has 0 atom stereocenters. The molecule has 0 fully saturated rings. The highest BCUT2D eigenvalue weighted by molar-refractivity contribution is 6.20. The molecule has 0 amide bonds. The summed E-state index contributed by atoms with van der Waals surface area (Å²) in [6.45, 7) is 0. The monoisotopic (exact) mass is 575 g/mol. The molecule has 0 aliphatic heterocycles. The predicted molar refractivity (Wildman–Crippen MR) is 184 cm³/mol.